The average molecular weight is 220 g/mol. The summed E-state index contributed by atoms with van der Waals surface area (Å²) in [5.74, 6) is 0.268. The van der Waals surface area contributed by atoms with E-state index in [0.717, 1.165) is 12.8 Å². The van der Waals surface area contributed by atoms with E-state index in [1.54, 1.807) is 6.08 Å². The first kappa shape index (κ1) is 11.4. The zero-order chi connectivity index (χ0) is 12.0. The Hall–Kier alpha value is -1.05. The minimum absolute atomic E-state index is 0.204. The lowest BCUT2D eigenvalue weighted by Gasteiger charge is -2.44. The smallest absolute Gasteiger partial charge is 0.331 e. The van der Waals surface area contributed by atoms with Crippen molar-refractivity contribution in [3.8, 4) is 0 Å². The van der Waals surface area contributed by atoms with Crippen molar-refractivity contribution in [2.75, 3.05) is 0 Å². The van der Waals surface area contributed by atoms with Crippen molar-refractivity contribution in [2.24, 2.45) is 11.3 Å². The minimum atomic E-state index is -0.396. The Kier molecular flexibility index (Phi) is 2.48. The molecule has 16 heavy (non-hydrogen) atoms. The molecule has 0 bridgehead atoms. The van der Waals surface area contributed by atoms with Crippen molar-refractivity contribution in [3.05, 3.63) is 23.8 Å². The van der Waals surface area contributed by atoms with E-state index in [-0.39, 0.29) is 5.97 Å². The third-order valence-corrected chi connectivity index (χ3v) is 3.38. The second kappa shape index (κ2) is 3.47. The highest BCUT2D eigenvalue weighted by Gasteiger charge is 2.47. The predicted octanol–water partition coefficient (Wildman–Crippen LogP) is 3.24. The van der Waals surface area contributed by atoms with Crippen LogP contribution < -0.4 is 0 Å². The van der Waals surface area contributed by atoms with Gasteiger partial charge in [-0.25, -0.2) is 4.79 Å². The fourth-order valence-corrected chi connectivity index (χ4v) is 2.65. The lowest BCUT2D eigenvalue weighted by atomic mass is 9.59. The van der Waals surface area contributed by atoms with E-state index in [1.165, 1.54) is 5.57 Å². The summed E-state index contributed by atoms with van der Waals surface area (Å²) >= 11 is 0. The maximum absolute atomic E-state index is 11.6. The largest absolute Gasteiger partial charge is 0.457 e. The van der Waals surface area contributed by atoms with Crippen LogP contribution in [0.25, 0.3) is 0 Å². The second-order valence-corrected chi connectivity index (χ2v) is 6.19. The first-order valence-electron chi connectivity index (χ1n) is 5.90. The second-order valence-electron chi connectivity index (χ2n) is 6.19. The quantitative estimate of drug-likeness (QED) is 0.385. The van der Waals surface area contributed by atoms with Gasteiger partial charge in [-0.15, -0.1) is 0 Å². The summed E-state index contributed by atoms with van der Waals surface area (Å²) in [5.41, 5.74) is 1.21. The Bertz CT molecular complexity index is 371. The molecular weight excluding hydrogens is 200 g/mol. The molecule has 1 saturated carbocycles. The minimum Gasteiger partial charge on any atom is -0.457 e. The standard InChI is InChI=1S/C14H20O2/c1-13(2,3)16-12(15)8-10-9-14(4)7-5-6-11(10)14/h5-6,8,11H,7,9H2,1-4H3/t11-,14-/m0/s1. The molecule has 0 spiro atoms. The van der Waals surface area contributed by atoms with Gasteiger partial charge in [0.05, 0.1) is 0 Å². The average Bonchev–Trinajstić information content (AvgIpc) is 2.36. The Morgan fingerprint density at radius 2 is 2.25 bits per heavy atom. The summed E-state index contributed by atoms with van der Waals surface area (Å²) in [6, 6.07) is 0. The number of rotatable bonds is 1. The molecule has 0 saturated heterocycles. The molecule has 2 nitrogen and oxygen atoms in total. The van der Waals surface area contributed by atoms with Gasteiger partial charge >= 0.3 is 5.97 Å². The number of hydrogen-bond donors (Lipinski definition) is 0. The van der Waals surface area contributed by atoms with E-state index in [4.69, 9.17) is 4.74 Å². The molecule has 0 amide bonds. The number of allylic oxidation sites excluding steroid dienone is 3. The van der Waals surface area contributed by atoms with Gasteiger partial charge in [-0.1, -0.05) is 24.6 Å². The van der Waals surface area contributed by atoms with E-state index in [1.807, 2.05) is 20.8 Å². The molecule has 0 aromatic heterocycles. The van der Waals surface area contributed by atoms with Crippen molar-refractivity contribution in [1.82, 2.24) is 0 Å². The van der Waals surface area contributed by atoms with E-state index >= 15 is 0 Å². The third kappa shape index (κ3) is 2.06. The first-order valence-corrected chi connectivity index (χ1v) is 5.90. The highest BCUT2D eigenvalue weighted by atomic mass is 16.6. The summed E-state index contributed by atoms with van der Waals surface area (Å²) in [6.45, 7) is 7.96. The number of fused-ring (bicyclic) bond motifs is 1. The van der Waals surface area contributed by atoms with E-state index < -0.39 is 5.60 Å². The van der Waals surface area contributed by atoms with Gasteiger partial charge in [-0.05, 0) is 39.0 Å². The molecule has 0 N–H and O–H groups in total. The van der Waals surface area contributed by atoms with Crippen molar-refractivity contribution < 1.29 is 9.53 Å². The maximum Gasteiger partial charge on any atom is 0.331 e. The van der Waals surface area contributed by atoms with E-state index in [0.29, 0.717) is 11.3 Å². The molecule has 1 fully saturated rings. The lowest BCUT2D eigenvalue weighted by Crippen LogP contribution is -2.36. The normalized spacial score (nSPS) is 34.8. The summed E-state index contributed by atoms with van der Waals surface area (Å²) in [7, 11) is 0. The van der Waals surface area contributed by atoms with Gasteiger partial charge in [0.2, 0.25) is 0 Å². The van der Waals surface area contributed by atoms with Gasteiger partial charge in [0.25, 0.3) is 0 Å². The fourth-order valence-electron chi connectivity index (χ4n) is 2.65. The summed E-state index contributed by atoms with van der Waals surface area (Å²) < 4.78 is 5.29. The van der Waals surface area contributed by atoms with Crippen molar-refractivity contribution in [2.45, 2.75) is 46.1 Å². The van der Waals surface area contributed by atoms with Crippen LogP contribution in [0.1, 0.15) is 40.5 Å². The van der Waals surface area contributed by atoms with Crippen LogP contribution >= 0.6 is 0 Å². The Balaban J connectivity index is 2.00. The molecule has 0 aliphatic heterocycles. The summed E-state index contributed by atoms with van der Waals surface area (Å²) in [6.07, 6.45) is 8.31. The maximum atomic E-state index is 11.6. The molecule has 0 radical (unpaired) electrons. The molecular formula is C14H20O2. The van der Waals surface area contributed by atoms with Gasteiger partial charge in [-0.2, -0.15) is 0 Å². The van der Waals surface area contributed by atoms with Crippen molar-refractivity contribution in [1.29, 1.82) is 0 Å². The van der Waals surface area contributed by atoms with Gasteiger partial charge in [-0.3, -0.25) is 0 Å². The monoisotopic (exact) mass is 220 g/mol. The number of carbonyl (C=O) groups excluding carboxylic acids is 1. The van der Waals surface area contributed by atoms with Crippen LogP contribution in [0.3, 0.4) is 0 Å². The van der Waals surface area contributed by atoms with Gasteiger partial charge in [0.1, 0.15) is 5.60 Å². The topological polar surface area (TPSA) is 26.3 Å². The summed E-state index contributed by atoms with van der Waals surface area (Å²) in [5, 5.41) is 0. The molecule has 0 aromatic rings. The number of carbonyl (C=O) groups is 1. The molecule has 2 aliphatic carbocycles. The van der Waals surface area contributed by atoms with Crippen molar-refractivity contribution >= 4 is 5.97 Å². The van der Waals surface area contributed by atoms with Crippen molar-refractivity contribution in [3.63, 3.8) is 0 Å². The number of ether oxygens (including phenoxy) is 1. The molecule has 0 unspecified atom stereocenters. The van der Waals surface area contributed by atoms with Crippen LogP contribution in [-0.4, -0.2) is 11.6 Å². The molecule has 88 valence electrons. The fraction of sp³-hybridized carbons (Fsp3) is 0.643. The molecule has 2 aliphatic rings. The Morgan fingerprint density at radius 1 is 1.56 bits per heavy atom. The van der Waals surface area contributed by atoms with Crippen LogP contribution in [0, 0.1) is 11.3 Å². The van der Waals surface area contributed by atoms with Gasteiger partial charge < -0.3 is 4.74 Å². The van der Waals surface area contributed by atoms with Crippen LogP contribution in [0.15, 0.2) is 23.8 Å². The van der Waals surface area contributed by atoms with Gasteiger partial charge in [0.15, 0.2) is 0 Å². The van der Waals surface area contributed by atoms with Crippen LogP contribution in [0.5, 0.6) is 0 Å². The first-order chi connectivity index (χ1) is 7.30. The molecule has 2 heteroatoms. The third-order valence-electron chi connectivity index (χ3n) is 3.38. The Morgan fingerprint density at radius 3 is 2.81 bits per heavy atom. The van der Waals surface area contributed by atoms with E-state index in [9.17, 15) is 4.79 Å². The highest BCUT2D eigenvalue weighted by Crippen LogP contribution is 2.57. The molecule has 0 heterocycles. The molecule has 0 aromatic carbocycles. The zero-order valence-electron chi connectivity index (χ0n) is 10.5. The number of hydrogen-bond acceptors (Lipinski definition) is 2. The van der Waals surface area contributed by atoms with E-state index in [2.05, 4.69) is 19.1 Å². The zero-order valence-corrected chi connectivity index (χ0v) is 10.5. The Labute approximate surface area is 97.4 Å². The lowest BCUT2D eigenvalue weighted by molar-refractivity contribution is -0.148. The van der Waals surface area contributed by atoms with Gasteiger partial charge in [0, 0.05) is 12.0 Å². The predicted molar refractivity (Wildman–Crippen MR) is 63.9 cm³/mol. The van der Waals surface area contributed by atoms with Crippen LogP contribution in [0.2, 0.25) is 0 Å². The molecule has 2 rings (SSSR count). The van der Waals surface area contributed by atoms with Crippen LogP contribution in [-0.2, 0) is 9.53 Å². The van der Waals surface area contributed by atoms with Crippen LogP contribution in [0.4, 0.5) is 0 Å². The molecule has 2 atom stereocenters. The summed E-state index contributed by atoms with van der Waals surface area (Å²) in [4.78, 5) is 11.6. The SMILES string of the molecule is CC(C)(C)OC(=O)C=C1C[C@]2(C)CC=C[C@@H]12. The number of esters is 1. The highest BCUT2D eigenvalue weighted by molar-refractivity contribution is 5.83.